The number of benzene rings is 2. The number of aromatic amines is 2. The third-order valence-corrected chi connectivity index (χ3v) is 8.59. The van der Waals surface area contributed by atoms with Crippen molar-refractivity contribution in [2.75, 3.05) is 0 Å². The van der Waals surface area contributed by atoms with Gasteiger partial charge in [-0.05, 0) is 82.3 Å². The summed E-state index contributed by atoms with van der Waals surface area (Å²) in [6, 6.07) is 15.1. The number of nitrogens with one attached hydrogen (secondary N) is 2. The van der Waals surface area contributed by atoms with Crippen molar-refractivity contribution >= 4 is 55.6 Å². The van der Waals surface area contributed by atoms with Gasteiger partial charge < -0.3 is 21.4 Å². The summed E-state index contributed by atoms with van der Waals surface area (Å²) in [6.07, 6.45) is 1.61. The average molecular weight is 675 g/mol. The minimum Gasteiger partial charge on any atom is -0.366 e. The first-order valence-corrected chi connectivity index (χ1v) is 15.9. The number of amides is 2. The highest BCUT2D eigenvalue weighted by Crippen LogP contribution is 2.33. The first-order valence-electron chi connectivity index (χ1n) is 15.9. The molecule has 6 heterocycles. The molecular formula is C36H32F2N10O2. The maximum Gasteiger partial charge on any atom is 0.248 e. The lowest BCUT2D eigenvalue weighted by molar-refractivity contribution is 0.0992. The molecular weight excluding hydrogens is 642 g/mol. The molecule has 2 amide bonds. The minimum atomic E-state index is -0.524. The summed E-state index contributed by atoms with van der Waals surface area (Å²) < 4.78 is 33.4. The van der Waals surface area contributed by atoms with Gasteiger partial charge in [0.15, 0.2) is 11.6 Å². The zero-order chi connectivity index (χ0) is 35.4. The molecule has 0 bridgehead atoms. The second kappa shape index (κ2) is 12.2. The summed E-state index contributed by atoms with van der Waals surface area (Å²) >= 11 is 0. The van der Waals surface area contributed by atoms with Crippen molar-refractivity contribution < 1.29 is 18.4 Å². The number of hydrogen-bond donors (Lipinski definition) is 4. The third-order valence-electron chi connectivity index (χ3n) is 8.59. The fourth-order valence-electron chi connectivity index (χ4n) is 6.24. The number of halogens is 2. The molecule has 0 unspecified atom stereocenters. The van der Waals surface area contributed by atoms with E-state index in [0.717, 1.165) is 22.4 Å². The smallest absolute Gasteiger partial charge is 0.248 e. The number of nitrogens with two attached hydrogens (primary N) is 2. The molecule has 0 aliphatic carbocycles. The molecule has 0 atom stereocenters. The molecule has 0 saturated carbocycles. The van der Waals surface area contributed by atoms with Crippen LogP contribution < -0.4 is 11.5 Å². The summed E-state index contributed by atoms with van der Waals surface area (Å²) in [5, 5.41) is 11.3. The number of pyridine rings is 2. The van der Waals surface area contributed by atoms with Crippen LogP contribution in [0.15, 0.2) is 60.8 Å². The van der Waals surface area contributed by atoms with E-state index in [1.807, 2.05) is 39.8 Å². The maximum atomic E-state index is 15.2. The van der Waals surface area contributed by atoms with Gasteiger partial charge in [0.25, 0.3) is 0 Å². The zero-order valence-corrected chi connectivity index (χ0v) is 27.6. The Kier molecular flexibility index (Phi) is 7.85. The molecule has 6 aromatic heterocycles. The van der Waals surface area contributed by atoms with Gasteiger partial charge in [-0.3, -0.25) is 23.9 Å². The van der Waals surface area contributed by atoms with Crippen molar-refractivity contribution in [1.82, 2.24) is 39.5 Å². The first kappa shape index (κ1) is 32.1. The lowest BCUT2D eigenvalue weighted by Gasteiger charge is -2.05. The maximum absolute atomic E-state index is 15.2. The summed E-state index contributed by atoms with van der Waals surface area (Å²) in [4.78, 5) is 37.8. The number of hydrogen-bond acceptors (Lipinski definition) is 6. The van der Waals surface area contributed by atoms with Gasteiger partial charge >= 0.3 is 0 Å². The molecule has 0 aliphatic rings. The topological polar surface area (TPSA) is 179 Å². The SMILES string of the molecule is CCn1nc(C)cc1-c1nc2[nH]c3ccc(C(N)=O)cc3c2cc1F.CCn1nc(C)cc1-c1ncc2c([nH]c3ccc(C(N)=O)cc32)c1F. The number of aryl methyl sites for hydroxylation is 4. The summed E-state index contributed by atoms with van der Waals surface area (Å²) in [6.45, 7) is 8.86. The predicted octanol–water partition coefficient (Wildman–Crippen LogP) is 6.29. The lowest BCUT2D eigenvalue weighted by Crippen LogP contribution is -2.10. The molecule has 2 aromatic carbocycles. The molecule has 12 nitrogen and oxygen atoms in total. The van der Waals surface area contributed by atoms with Gasteiger partial charge in [0, 0.05) is 63.0 Å². The van der Waals surface area contributed by atoms with Crippen molar-refractivity contribution in [3.8, 4) is 22.8 Å². The predicted molar refractivity (Wildman–Crippen MR) is 187 cm³/mol. The minimum absolute atomic E-state index is 0.247. The highest BCUT2D eigenvalue weighted by atomic mass is 19.1. The Balaban J connectivity index is 0.000000157. The number of fused-ring (bicyclic) bond motifs is 6. The second-order valence-corrected chi connectivity index (χ2v) is 11.9. The van der Waals surface area contributed by atoms with E-state index >= 15 is 4.39 Å². The van der Waals surface area contributed by atoms with E-state index in [9.17, 15) is 14.0 Å². The van der Waals surface area contributed by atoms with Crippen molar-refractivity contribution in [1.29, 1.82) is 0 Å². The standard InChI is InChI=1S/2C18H16FN5O/c1-3-24-15(6-9(2)23-24)16-13(19)8-12-11-7-10(17(20)25)4-5-14(11)21-18(12)22-16;1-3-24-14(6-9(2)23-24)17-15(19)16-12(8-21-17)11-7-10(18(20)25)4-5-13(11)22-16/h4-8H,3H2,1-2H3,(H2,20,25)(H,21,22);4-8,22H,3H2,1-2H3,(H2,20,25). The Morgan fingerprint density at radius 2 is 1.26 bits per heavy atom. The van der Waals surface area contributed by atoms with E-state index in [-0.39, 0.29) is 11.4 Å². The van der Waals surface area contributed by atoms with Gasteiger partial charge in [-0.25, -0.2) is 13.8 Å². The molecule has 0 aliphatic heterocycles. The van der Waals surface area contributed by atoms with E-state index in [1.54, 1.807) is 52.0 Å². The summed E-state index contributed by atoms with van der Waals surface area (Å²) in [5.74, 6) is -1.93. The van der Waals surface area contributed by atoms with E-state index in [0.29, 0.717) is 68.3 Å². The number of carbonyl (C=O) groups excluding carboxylic acids is 2. The lowest BCUT2D eigenvalue weighted by atomic mass is 10.1. The second-order valence-electron chi connectivity index (χ2n) is 11.9. The van der Waals surface area contributed by atoms with Crippen LogP contribution in [-0.2, 0) is 13.1 Å². The van der Waals surface area contributed by atoms with E-state index in [4.69, 9.17) is 11.5 Å². The molecule has 252 valence electrons. The van der Waals surface area contributed by atoms with Gasteiger partial charge in [-0.1, -0.05) is 0 Å². The van der Waals surface area contributed by atoms with E-state index < -0.39 is 23.4 Å². The van der Waals surface area contributed by atoms with Crippen LogP contribution in [0, 0.1) is 25.5 Å². The van der Waals surface area contributed by atoms with Gasteiger partial charge in [-0.2, -0.15) is 10.2 Å². The fraction of sp³-hybridized carbons (Fsp3) is 0.167. The fourth-order valence-corrected chi connectivity index (χ4v) is 6.24. The van der Waals surface area contributed by atoms with Gasteiger partial charge in [0.1, 0.15) is 17.0 Å². The van der Waals surface area contributed by atoms with Crippen molar-refractivity contribution in [2.24, 2.45) is 11.5 Å². The Morgan fingerprint density at radius 1 is 0.720 bits per heavy atom. The van der Waals surface area contributed by atoms with Crippen molar-refractivity contribution in [2.45, 2.75) is 40.8 Å². The Labute approximate surface area is 283 Å². The quantitative estimate of drug-likeness (QED) is 0.161. The molecule has 0 spiro atoms. The first-order chi connectivity index (χ1) is 24.0. The van der Waals surface area contributed by atoms with Crippen molar-refractivity contribution in [3.05, 3.63) is 94.9 Å². The van der Waals surface area contributed by atoms with Gasteiger partial charge in [-0.15, -0.1) is 0 Å². The van der Waals surface area contributed by atoms with Crippen LogP contribution in [0.1, 0.15) is 46.0 Å². The van der Waals surface area contributed by atoms with Gasteiger partial charge in [0.05, 0.1) is 28.3 Å². The number of nitrogens with zero attached hydrogens (tertiary/aromatic N) is 6. The molecule has 6 N–H and O–H groups in total. The summed E-state index contributed by atoms with van der Waals surface area (Å²) in [5.41, 5.74) is 17.2. The number of aromatic nitrogens is 8. The van der Waals surface area contributed by atoms with Crippen LogP contribution >= 0.6 is 0 Å². The van der Waals surface area contributed by atoms with Crippen LogP contribution in [0.5, 0.6) is 0 Å². The molecule has 0 fully saturated rings. The van der Waals surface area contributed by atoms with Crippen LogP contribution in [0.25, 0.3) is 66.5 Å². The van der Waals surface area contributed by atoms with E-state index in [1.165, 1.54) is 6.07 Å². The number of carbonyl (C=O) groups is 2. The molecule has 8 aromatic rings. The van der Waals surface area contributed by atoms with Crippen LogP contribution in [-0.4, -0.2) is 51.3 Å². The molecule has 8 rings (SSSR count). The molecule has 50 heavy (non-hydrogen) atoms. The number of H-pyrrole nitrogens is 2. The summed E-state index contributed by atoms with van der Waals surface area (Å²) in [7, 11) is 0. The highest BCUT2D eigenvalue weighted by Gasteiger charge is 2.20. The molecule has 0 saturated heterocycles. The number of rotatable bonds is 6. The van der Waals surface area contributed by atoms with Crippen molar-refractivity contribution in [3.63, 3.8) is 0 Å². The van der Waals surface area contributed by atoms with Crippen LogP contribution in [0.2, 0.25) is 0 Å². The van der Waals surface area contributed by atoms with Crippen LogP contribution in [0.4, 0.5) is 8.78 Å². The van der Waals surface area contributed by atoms with Crippen LogP contribution in [0.3, 0.4) is 0 Å². The molecule has 14 heteroatoms. The average Bonchev–Trinajstić information content (AvgIpc) is 3.86. The third kappa shape index (κ3) is 5.40. The number of primary amides is 2. The molecule has 0 radical (unpaired) electrons. The Bertz CT molecular complexity index is 2570. The monoisotopic (exact) mass is 674 g/mol. The van der Waals surface area contributed by atoms with E-state index in [2.05, 4.69) is 30.1 Å². The normalized spacial score (nSPS) is 11.5. The Morgan fingerprint density at radius 3 is 1.82 bits per heavy atom. The zero-order valence-electron chi connectivity index (χ0n) is 27.6. The largest absolute Gasteiger partial charge is 0.366 e. The highest BCUT2D eigenvalue weighted by molar-refractivity contribution is 6.11. The Hall–Kier alpha value is -6.44. The van der Waals surface area contributed by atoms with Gasteiger partial charge in [0.2, 0.25) is 11.8 Å².